The van der Waals surface area contributed by atoms with Crippen LogP contribution in [0.5, 0.6) is 5.75 Å². The van der Waals surface area contributed by atoms with Gasteiger partial charge in [0, 0.05) is 25.7 Å². The van der Waals surface area contributed by atoms with Crippen molar-refractivity contribution < 1.29 is 5.11 Å². The third kappa shape index (κ3) is 3.25. The highest BCUT2D eigenvalue weighted by Gasteiger charge is 2.28. The van der Waals surface area contributed by atoms with Gasteiger partial charge in [0.25, 0.3) is 0 Å². The molecule has 1 unspecified atom stereocenters. The monoisotopic (exact) mass is 261 g/mol. The predicted molar refractivity (Wildman–Crippen MR) is 75.0 cm³/mol. The molecule has 0 bridgehead atoms. The number of likely N-dealkylation sites (tertiary alicyclic amines) is 2. The summed E-state index contributed by atoms with van der Waals surface area (Å²) < 4.78 is 0. The minimum atomic E-state index is 0.247. The second kappa shape index (κ2) is 5.88. The smallest absolute Gasteiger partial charge is 0.133 e. The molecule has 2 aliphatic heterocycles. The molecule has 4 nitrogen and oxygen atoms in total. The van der Waals surface area contributed by atoms with Crippen molar-refractivity contribution in [2.75, 3.05) is 26.2 Å². The van der Waals surface area contributed by atoms with E-state index >= 15 is 0 Å². The lowest BCUT2D eigenvalue weighted by Gasteiger charge is -2.32. The molecule has 0 radical (unpaired) electrons. The van der Waals surface area contributed by atoms with Gasteiger partial charge in [0.2, 0.25) is 0 Å². The molecule has 3 heterocycles. The van der Waals surface area contributed by atoms with E-state index in [1.807, 2.05) is 6.07 Å². The van der Waals surface area contributed by atoms with E-state index in [-0.39, 0.29) is 5.75 Å². The van der Waals surface area contributed by atoms with Crippen molar-refractivity contribution in [1.29, 1.82) is 0 Å². The summed E-state index contributed by atoms with van der Waals surface area (Å²) in [6.07, 6.45) is 6.97. The van der Waals surface area contributed by atoms with Crippen molar-refractivity contribution in [3.63, 3.8) is 0 Å². The molecule has 1 aromatic heterocycles. The fourth-order valence-electron chi connectivity index (χ4n) is 3.28. The summed E-state index contributed by atoms with van der Waals surface area (Å²) in [5.74, 6) is 0.247. The van der Waals surface area contributed by atoms with E-state index in [1.54, 1.807) is 6.07 Å². The molecule has 2 fully saturated rings. The lowest BCUT2D eigenvalue weighted by atomic mass is 10.1. The zero-order valence-electron chi connectivity index (χ0n) is 11.5. The number of piperidine rings is 1. The van der Waals surface area contributed by atoms with Gasteiger partial charge in [-0.05, 0) is 44.5 Å². The first-order valence-corrected chi connectivity index (χ1v) is 7.41. The molecule has 1 atom stereocenters. The second-order valence-electron chi connectivity index (χ2n) is 5.78. The maximum Gasteiger partial charge on any atom is 0.133 e. The van der Waals surface area contributed by atoms with Gasteiger partial charge in [0.15, 0.2) is 0 Å². The number of rotatable bonds is 3. The first-order valence-electron chi connectivity index (χ1n) is 7.41. The molecule has 19 heavy (non-hydrogen) atoms. The van der Waals surface area contributed by atoms with E-state index in [0.29, 0.717) is 0 Å². The fourth-order valence-corrected chi connectivity index (χ4v) is 3.28. The van der Waals surface area contributed by atoms with E-state index in [0.717, 1.165) is 18.3 Å². The maximum absolute atomic E-state index is 9.25. The summed E-state index contributed by atoms with van der Waals surface area (Å²) in [7, 11) is 0. The Kier molecular flexibility index (Phi) is 3.99. The molecular weight excluding hydrogens is 238 g/mol. The largest absolute Gasteiger partial charge is 0.506 e. The summed E-state index contributed by atoms with van der Waals surface area (Å²) in [5.41, 5.74) is 1.05. The van der Waals surface area contributed by atoms with Gasteiger partial charge in [0.1, 0.15) is 5.75 Å². The van der Waals surface area contributed by atoms with Crippen LogP contribution >= 0.6 is 0 Å². The molecule has 1 N–H and O–H groups in total. The number of nitrogens with zero attached hydrogens (tertiary/aromatic N) is 3. The molecule has 3 rings (SSSR count). The van der Waals surface area contributed by atoms with Crippen LogP contribution in [0.3, 0.4) is 0 Å². The van der Waals surface area contributed by atoms with Crippen LogP contribution in [0.4, 0.5) is 0 Å². The van der Waals surface area contributed by atoms with Crippen LogP contribution in [-0.4, -0.2) is 52.1 Å². The van der Waals surface area contributed by atoms with Crippen LogP contribution in [0.2, 0.25) is 0 Å². The minimum Gasteiger partial charge on any atom is -0.506 e. The first-order chi connectivity index (χ1) is 9.31. The van der Waals surface area contributed by atoms with Crippen molar-refractivity contribution in [3.05, 3.63) is 24.0 Å². The van der Waals surface area contributed by atoms with Crippen LogP contribution in [0.15, 0.2) is 18.3 Å². The molecule has 4 heteroatoms. The summed E-state index contributed by atoms with van der Waals surface area (Å²) in [6, 6.07) is 4.39. The topological polar surface area (TPSA) is 39.6 Å². The van der Waals surface area contributed by atoms with E-state index in [9.17, 15) is 5.11 Å². The Morgan fingerprint density at radius 1 is 1.16 bits per heavy atom. The number of hydrogen-bond donors (Lipinski definition) is 1. The average Bonchev–Trinajstić information content (AvgIpc) is 2.91. The molecule has 2 saturated heterocycles. The van der Waals surface area contributed by atoms with Gasteiger partial charge >= 0.3 is 0 Å². The molecular formula is C15H23N3O. The Hall–Kier alpha value is -1.13. The van der Waals surface area contributed by atoms with Gasteiger partial charge in [-0.3, -0.25) is 14.8 Å². The Morgan fingerprint density at radius 2 is 2.00 bits per heavy atom. The second-order valence-corrected chi connectivity index (χ2v) is 5.78. The molecule has 0 saturated carbocycles. The molecule has 1 aromatic rings. The Bertz CT molecular complexity index is 400. The highest BCUT2D eigenvalue weighted by Crippen LogP contribution is 2.21. The van der Waals surface area contributed by atoms with Crippen LogP contribution < -0.4 is 0 Å². The van der Waals surface area contributed by atoms with Gasteiger partial charge in [-0.25, -0.2) is 0 Å². The highest BCUT2D eigenvalue weighted by molar-refractivity contribution is 5.17. The fraction of sp³-hybridized carbons (Fsp3) is 0.667. The van der Waals surface area contributed by atoms with Gasteiger partial charge in [-0.2, -0.15) is 0 Å². The van der Waals surface area contributed by atoms with Crippen molar-refractivity contribution in [2.24, 2.45) is 0 Å². The standard InChI is InChI=1S/C15H23N3O/c19-15-5-4-13(16-10-15)11-17-9-6-14(12-17)18-7-2-1-3-8-18/h4-5,10,14,19H,1-3,6-9,11-12H2. The summed E-state index contributed by atoms with van der Waals surface area (Å²) in [5, 5.41) is 9.25. The van der Waals surface area contributed by atoms with Crippen molar-refractivity contribution >= 4 is 0 Å². The van der Waals surface area contributed by atoms with Crippen LogP contribution in [0, 0.1) is 0 Å². The Morgan fingerprint density at radius 3 is 2.74 bits per heavy atom. The van der Waals surface area contributed by atoms with Crippen LogP contribution in [0.25, 0.3) is 0 Å². The number of pyridine rings is 1. The molecule has 0 aliphatic carbocycles. The molecule has 0 amide bonds. The van der Waals surface area contributed by atoms with Crippen molar-refractivity contribution in [1.82, 2.24) is 14.8 Å². The lowest BCUT2D eigenvalue weighted by molar-refractivity contribution is 0.161. The quantitative estimate of drug-likeness (QED) is 0.901. The number of hydrogen-bond acceptors (Lipinski definition) is 4. The van der Waals surface area contributed by atoms with E-state index < -0.39 is 0 Å². The number of aromatic nitrogens is 1. The number of aromatic hydroxyl groups is 1. The van der Waals surface area contributed by atoms with Crippen molar-refractivity contribution in [3.8, 4) is 5.75 Å². The van der Waals surface area contributed by atoms with Gasteiger partial charge < -0.3 is 5.11 Å². The Balaban J connectivity index is 1.52. The SMILES string of the molecule is Oc1ccc(CN2CCC(N3CCCCC3)C2)nc1. The zero-order valence-corrected chi connectivity index (χ0v) is 11.5. The highest BCUT2D eigenvalue weighted by atomic mass is 16.3. The Labute approximate surface area is 115 Å². The van der Waals surface area contributed by atoms with Crippen LogP contribution in [0.1, 0.15) is 31.4 Å². The summed E-state index contributed by atoms with van der Waals surface area (Å²) in [4.78, 5) is 9.43. The minimum absolute atomic E-state index is 0.247. The average molecular weight is 261 g/mol. The van der Waals surface area contributed by atoms with Crippen molar-refractivity contribution in [2.45, 2.75) is 38.3 Å². The van der Waals surface area contributed by atoms with Gasteiger partial charge in [0.05, 0.1) is 11.9 Å². The maximum atomic E-state index is 9.25. The first kappa shape index (κ1) is 12.9. The van der Waals surface area contributed by atoms with E-state index in [1.165, 1.54) is 58.1 Å². The van der Waals surface area contributed by atoms with E-state index in [4.69, 9.17) is 0 Å². The summed E-state index contributed by atoms with van der Waals surface area (Å²) >= 11 is 0. The zero-order chi connectivity index (χ0) is 13.1. The van der Waals surface area contributed by atoms with E-state index in [2.05, 4.69) is 14.8 Å². The molecule has 0 spiro atoms. The molecule has 2 aliphatic rings. The lowest BCUT2D eigenvalue weighted by Crippen LogP contribution is -2.40. The normalized spacial score (nSPS) is 25.8. The third-order valence-electron chi connectivity index (χ3n) is 4.35. The predicted octanol–water partition coefficient (Wildman–Crippen LogP) is 1.85. The molecule has 0 aromatic carbocycles. The van der Waals surface area contributed by atoms with Crippen LogP contribution in [-0.2, 0) is 6.54 Å². The summed E-state index contributed by atoms with van der Waals surface area (Å²) in [6.45, 7) is 5.82. The van der Waals surface area contributed by atoms with Gasteiger partial charge in [-0.1, -0.05) is 6.42 Å². The molecule has 104 valence electrons. The van der Waals surface area contributed by atoms with Gasteiger partial charge in [-0.15, -0.1) is 0 Å². The third-order valence-corrected chi connectivity index (χ3v) is 4.35.